The monoisotopic (exact) mass is 228 g/mol. The largest absolute Gasteiger partial charge is 0.497 e. The molecular formula is C15H13FO. The summed E-state index contributed by atoms with van der Waals surface area (Å²) in [5.41, 5.74) is 4.73. The van der Waals surface area contributed by atoms with Crippen LogP contribution in [0.15, 0.2) is 36.4 Å². The summed E-state index contributed by atoms with van der Waals surface area (Å²) in [5, 5.41) is 0. The third kappa shape index (κ3) is 1.70. The minimum absolute atomic E-state index is 0.152. The van der Waals surface area contributed by atoms with E-state index in [0.717, 1.165) is 29.7 Å². The van der Waals surface area contributed by atoms with E-state index < -0.39 is 0 Å². The number of fused-ring (bicyclic) bond motifs is 3. The third-order valence-electron chi connectivity index (χ3n) is 3.33. The van der Waals surface area contributed by atoms with Crippen molar-refractivity contribution < 1.29 is 9.13 Å². The van der Waals surface area contributed by atoms with Crippen LogP contribution in [0.3, 0.4) is 0 Å². The number of ether oxygens (including phenoxy) is 1. The molecule has 0 atom stereocenters. The molecule has 0 aliphatic heterocycles. The van der Waals surface area contributed by atoms with E-state index in [1.165, 1.54) is 17.2 Å². The molecule has 1 nitrogen and oxygen atoms in total. The number of halogens is 1. The number of methoxy groups -OCH3 is 1. The summed E-state index contributed by atoms with van der Waals surface area (Å²) in [4.78, 5) is 0. The maximum Gasteiger partial charge on any atom is 0.123 e. The highest BCUT2D eigenvalue weighted by molar-refractivity contribution is 5.73. The molecule has 0 N–H and O–H groups in total. The Hall–Kier alpha value is -1.83. The smallest absolute Gasteiger partial charge is 0.123 e. The van der Waals surface area contributed by atoms with Gasteiger partial charge < -0.3 is 4.74 Å². The molecule has 0 fully saturated rings. The van der Waals surface area contributed by atoms with Crippen molar-refractivity contribution in [2.45, 2.75) is 12.8 Å². The lowest BCUT2D eigenvalue weighted by molar-refractivity contribution is 0.414. The molecule has 0 amide bonds. The molecule has 0 spiro atoms. The van der Waals surface area contributed by atoms with Crippen molar-refractivity contribution in [1.82, 2.24) is 0 Å². The van der Waals surface area contributed by atoms with Gasteiger partial charge in [-0.3, -0.25) is 0 Å². The quantitative estimate of drug-likeness (QED) is 0.724. The zero-order valence-corrected chi connectivity index (χ0v) is 9.66. The number of benzene rings is 2. The summed E-state index contributed by atoms with van der Waals surface area (Å²) >= 11 is 0. The summed E-state index contributed by atoms with van der Waals surface area (Å²) < 4.78 is 18.4. The predicted octanol–water partition coefficient (Wildman–Crippen LogP) is 3.60. The van der Waals surface area contributed by atoms with Crippen molar-refractivity contribution in [2.24, 2.45) is 0 Å². The van der Waals surface area contributed by atoms with E-state index in [4.69, 9.17) is 4.74 Å². The molecule has 0 radical (unpaired) electrons. The van der Waals surface area contributed by atoms with Crippen LogP contribution < -0.4 is 4.74 Å². The summed E-state index contributed by atoms with van der Waals surface area (Å²) in [5.74, 6) is 0.732. The van der Waals surface area contributed by atoms with E-state index in [9.17, 15) is 4.39 Å². The van der Waals surface area contributed by atoms with Crippen LogP contribution >= 0.6 is 0 Å². The molecule has 1 aliphatic rings. The first-order valence-electron chi connectivity index (χ1n) is 5.73. The second-order valence-corrected chi connectivity index (χ2v) is 4.32. The molecule has 17 heavy (non-hydrogen) atoms. The van der Waals surface area contributed by atoms with E-state index >= 15 is 0 Å². The van der Waals surface area contributed by atoms with Gasteiger partial charge >= 0.3 is 0 Å². The molecule has 0 bridgehead atoms. The minimum Gasteiger partial charge on any atom is -0.497 e. The number of hydrogen-bond donors (Lipinski definition) is 0. The molecule has 3 rings (SSSR count). The zero-order valence-electron chi connectivity index (χ0n) is 9.66. The van der Waals surface area contributed by atoms with Gasteiger partial charge in [-0.2, -0.15) is 0 Å². The fourth-order valence-electron chi connectivity index (χ4n) is 2.47. The maximum atomic E-state index is 13.2. The Bertz CT molecular complexity index is 575. The second-order valence-electron chi connectivity index (χ2n) is 4.32. The van der Waals surface area contributed by atoms with E-state index in [2.05, 4.69) is 12.1 Å². The van der Waals surface area contributed by atoms with Crippen molar-refractivity contribution in [3.63, 3.8) is 0 Å². The third-order valence-corrected chi connectivity index (χ3v) is 3.33. The molecule has 0 saturated heterocycles. The molecular weight excluding hydrogens is 215 g/mol. The first-order chi connectivity index (χ1) is 8.28. The van der Waals surface area contributed by atoms with E-state index in [0.29, 0.717) is 0 Å². The van der Waals surface area contributed by atoms with Gasteiger partial charge in [0.05, 0.1) is 7.11 Å². The Morgan fingerprint density at radius 1 is 0.941 bits per heavy atom. The molecule has 2 aromatic carbocycles. The van der Waals surface area contributed by atoms with Gasteiger partial charge in [-0.25, -0.2) is 4.39 Å². The standard InChI is InChI=1S/C15H13FO/c1-17-13-5-7-15-11(9-13)3-2-10-8-12(16)4-6-14(10)15/h4-9H,2-3H2,1H3. The van der Waals surface area contributed by atoms with Gasteiger partial charge in [0.25, 0.3) is 0 Å². The summed E-state index contributed by atoms with van der Waals surface area (Å²) in [6, 6.07) is 11.1. The van der Waals surface area contributed by atoms with Crippen molar-refractivity contribution in [3.05, 3.63) is 53.3 Å². The van der Waals surface area contributed by atoms with Crippen molar-refractivity contribution >= 4 is 0 Å². The molecule has 0 aromatic heterocycles. The van der Waals surface area contributed by atoms with Gasteiger partial charge in [-0.1, -0.05) is 12.1 Å². The van der Waals surface area contributed by atoms with Crippen LogP contribution in [-0.4, -0.2) is 7.11 Å². The van der Waals surface area contributed by atoms with Gasteiger partial charge in [0.1, 0.15) is 11.6 Å². The minimum atomic E-state index is -0.152. The van der Waals surface area contributed by atoms with Crippen molar-refractivity contribution in [1.29, 1.82) is 0 Å². The Kier molecular flexibility index (Phi) is 2.36. The zero-order chi connectivity index (χ0) is 11.8. The first-order valence-corrected chi connectivity index (χ1v) is 5.73. The molecule has 0 unspecified atom stereocenters. The topological polar surface area (TPSA) is 9.23 Å². The fraction of sp³-hybridized carbons (Fsp3) is 0.200. The van der Waals surface area contributed by atoms with Crippen LogP contribution in [0.25, 0.3) is 11.1 Å². The van der Waals surface area contributed by atoms with Gasteiger partial charge in [0.15, 0.2) is 0 Å². The fourth-order valence-corrected chi connectivity index (χ4v) is 2.47. The van der Waals surface area contributed by atoms with Gasteiger partial charge in [0, 0.05) is 0 Å². The Labute approximate surface area is 99.9 Å². The van der Waals surface area contributed by atoms with Gasteiger partial charge in [-0.15, -0.1) is 0 Å². The van der Waals surface area contributed by atoms with Crippen LogP contribution in [0.4, 0.5) is 4.39 Å². The molecule has 1 aliphatic carbocycles. The van der Waals surface area contributed by atoms with Crippen LogP contribution in [-0.2, 0) is 12.8 Å². The highest BCUT2D eigenvalue weighted by atomic mass is 19.1. The lowest BCUT2D eigenvalue weighted by atomic mass is 9.85. The molecule has 2 aromatic rings. The van der Waals surface area contributed by atoms with Crippen LogP contribution in [0, 0.1) is 5.82 Å². The maximum absolute atomic E-state index is 13.2. The lowest BCUT2D eigenvalue weighted by Crippen LogP contribution is -2.04. The van der Waals surface area contributed by atoms with E-state index in [-0.39, 0.29) is 5.82 Å². The molecule has 2 heteroatoms. The van der Waals surface area contributed by atoms with Crippen LogP contribution in [0.5, 0.6) is 5.75 Å². The van der Waals surface area contributed by atoms with Crippen LogP contribution in [0.1, 0.15) is 11.1 Å². The molecule has 0 heterocycles. The van der Waals surface area contributed by atoms with Crippen molar-refractivity contribution in [3.8, 4) is 16.9 Å². The van der Waals surface area contributed by atoms with E-state index in [1.807, 2.05) is 12.1 Å². The van der Waals surface area contributed by atoms with E-state index in [1.54, 1.807) is 13.2 Å². The number of rotatable bonds is 1. The molecule has 86 valence electrons. The summed E-state index contributed by atoms with van der Waals surface area (Å²) in [6.45, 7) is 0. The summed E-state index contributed by atoms with van der Waals surface area (Å²) in [7, 11) is 1.67. The van der Waals surface area contributed by atoms with Gasteiger partial charge in [-0.05, 0) is 59.4 Å². The Balaban J connectivity index is 2.16. The first kappa shape index (κ1) is 10.3. The Morgan fingerprint density at radius 3 is 2.29 bits per heavy atom. The average Bonchev–Trinajstić information content (AvgIpc) is 2.37. The Morgan fingerprint density at radius 2 is 1.59 bits per heavy atom. The highest BCUT2D eigenvalue weighted by Gasteiger charge is 2.16. The second kappa shape index (κ2) is 3.88. The normalized spacial score (nSPS) is 12.8. The predicted molar refractivity (Wildman–Crippen MR) is 65.8 cm³/mol. The van der Waals surface area contributed by atoms with Crippen LogP contribution in [0.2, 0.25) is 0 Å². The van der Waals surface area contributed by atoms with Crippen molar-refractivity contribution in [2.75, 3.05) is 7.11 Å². The SMILES string of the molecule is COc1ccc2c(c1)CCc1cc(F)ccc1-2. The summed E-state index contributed by atoms with van der Waals surface area (Å²) in [6.07, 6.45) is 1.84. The number of aryl methyl sites for hydroxylation is 2. The number of hydrogen-bond acceptors (Lipinski definition) is 1. The average molecular weight is 228 g/mol. The lowest BCUT2D eigenvalue weighted by Gasteiger charge is -2.20. The highest BCUT2D eigenvalue weighted by Crippen LogP contribution is 2.35. The molecule has 0 saturated carbocycles. The van der Waals surface area contributed by atoms with Gasteiger partial charge in [0.2, 0.25) is 0 Å².